The number of carbonyl (C=O) groups is 1. The van der Waals surface area contributed by atoms with Crippen LogP contribution >= 0.6 is 0 Å². The predicted molar refractivity (Wildman–Crippen MR) is 92.0 cm³/mol. The minimum atomic E-state index is -3.05. The van der Waals surface area contributed by atoms with E-state index in [4.69, 9.17) is 9.47 Å². The number of hydrogen-bond acceptors (Lipinski definition) is 5. The van der Waals surface area contributed by atoms with Crippen LogP contribution in [0.5, 0.6) is 11.5 Å². The van der Waals surface area contributed by atoms with Gasteiger partial charge in [0.2, 0.25) is 5.91 Å². The molecule has 6 nitrogen and oxygen atoms in total. The number of hydrogen-bond donors (Lipinski definition) is 0. The first-order valence-corrected chi connectivity index (χ1v) is 9.81. The van der Waals surface area contributed by atoms with E-state index in [9.17, 15) is 13.2 Å². The second-order valence-corrected chi connectivity index (χ2v) is 8.60. The standard InChI is InChI=1S/C17H25NO5S/c1-12(2)17(19)18(14-7-8-24(20,21)11-14)10-13-5-6-15(22-3)16(9-13)23-4/h5-6,9,12,14H,7-8,10-11H2,1-4H3/t14-/m1/s1. The van der Waals surface area contributed by atoms with Crippen LogP contribution in [0.1, 0.15) is 25.8 Å². The summed E-state index contributed by atoms with van der Waals surface area (Å²) in [7, 11) is 0.0687. The Morgan fingerprint density at radius 2 is 1.92 bits per heavy atom. The highest BCUT2D eigenvalue weighted by Crippen LogP contribution is 2.29. The molecule has 1 amide bonds. The van der Waals surface area contributed by atoms with Crippen molar-refractivity contribution in [3.05, 3.63) is 23.8 Å². The van der Waals surface area contributed by atoms with Crippen molar-refractivity contribution in [1.82, 2.24) is 4.90 Å². The average Bonchev–Trinajstić information content (AvgIpc) is 2.91. The Hall–Kier alpha value is -1.76. The molecule has 1 heterocycles. The molecular formula is C17H25NO5S. The molecule has 1 fully saturated rings. The van der Waals surface area contributed by atoms with Crippen molar-refractivity contribution in [2.24, 2.45) is 5.92 Å². The zero-order valence-corrected chi connectivity index (χ0v) is 15.4. The zero-order valence-electron chi connectivity index (χ0n) is 14.6. The van der Waals surface area contributed by atoms with Crippen LogP contribution in [0.25, 0.3) is 0 Å². The first-order valence-electron chi connectivity index (χ1n) is 7.99. The summed E-state index contributed by atoms with van der Waals surface area (Å²) in [6, 6.07) is 5.21. The fourth-order valence-electron chi connectivity index (χ4n) is 2.92. The number of nitrogens with zero attached hydrogens (tertiary/aromatic N) is 1. The number of methoxy groups -OCH3 is 2. The van der Waals surface area contributed by atoms with E-state index >= 15 is 0 Å². The lowest BCUT2D eigenvalue weighted by Gasteiger charge is -2.30. The molecule has 0 saturated carbocycles. The van der Waals surface area contributed by atoms with Gasteiger partial charge in [-0.3, -0.25) is 4.79 Å². The van der Waals surface area contributed by atoms with Gasteiger partial charge in [-0.25, -0.2) is 8.42 Å². The maximum Gasteiger partial charge on any atom is 0.225 e. The van der Waals surface area contributed by atoms with Gasteiger partial charge in [0.25, 0.3) is 0 Å². The largest absolute Gasteiger partial charge is 0.493 e. The van der Waals surface area contributed by atoms with Gasteiger partial charge in [0, 0.05) is 18.5 Å². The molecule has 0 spiro atoms. The van der Waals surface area contributed by atoms with Crippen LogP contribution in [0.4, 0.5) is 0 Å². The van der Waals surface area contributed by atoms with E-state index < -0.39 is 9.84 Å². The highest BCUT2D eigenvalue weighted by molar-refractivity contribution is 7.91. The molecule has 1 atom stereocenters. The van der Waals surface area contributed by atoms with Gasteiger partial charge in [0.05, 0.1) is 25.7 Å². The quantitative estimate of drug-likeness (QED) is 0.779. The molecule has 0 radical (unpaired) electrons. The summed E-state index contributed by atoms with van der Waals surface area (Å²) in [4.78, 5) is 14.3. The van der Waals surface area contributed by atoms with Crippen molar-refractivity contribution in [2.45, 2.75) is 32.9 Å². The Balaban J connectivity index is 2.27. The third kappa shape index (κ3) is 4.20. The number of rotatable bonds is 6. The first-order chi connectivity index (χ1) is 11.3. The third-order valence-corrected chi connectivity index (χ3v) is 5.98. The maximum atomic E-state index is 12.6. The summed E-state index contributed by atoms with van der Waals surface area (Å²) in [6.07, 6.45) is 0.494. The number of sulfone groups is 1. The number of amides is 1. The van der Waals surface area contributed by atoms with Gasteiger partial charge < -0.3 is 14.4 Å². The number of benzene rings is 1. The van der Waals surface area contributed by atoms with E-state index in [1.165, 1.54) is 0 Å². The highest BCUT2D eigenvalue weighted by Gasteiger charge is 2.35. The minimum Gasteiger partial charge on any atom is -0.493 e. The van der Waals surface area contributed by atoms with E-state index in [-0.39, 0.29) is 29.4 Å². The molecule has 0 aliphatic carbocycles. The van der Waals surface area contributed by atoms with Crippen LogP contribution < -0.4 is 9.47 Å². The fraction of sp³-hybridized carbons (Fsp3) is 0.588. The summed E-state index contributed by atoms with van der Waals surface area (Å²) in [5.41, 5.74) is 0.881. The van der Waals surface area contributed by atoms with Crippen molar-refractivity contribution in [3.63, 3.8) is 0 Å². The Bertz CT molecular complexity index is 699. The van der Waals surface area contributed by atoms with E-state index in [2.05, 4.69) is 0 Å². The molecular weight excluding hydrogens is 330 g/mol. The maximum absolute atomic E-state index is 12.6. The summed E-state index contributed by atoms with van der Waals surface area (Å²) < 4.78 is 34.1. The fourth-order valence-corrected chi connectivity index (χ4v) is 4.65. The van der Waals surface area contributed by atoms with E-state index in [0.29, 0.717) is 24.5 Å². The molecule has 7 heteroatoms. The Morgan fingerprint density at radius 3 is 2.42 bits per heavy atom. The van der Waals surface area contributed by atoms with Gasteiger partial charge in [-0.2, -0.15) is 0 Å². The second kappa shape index (κ2) is 7.42. The van der Waals surface area contributed by atoms with Gasteiger partial charge in [0.15, 0.2) is 21.3 Å². The lowest BCUT2D eigenvalue weighted by atomic mass is 10.1. The molecule has 0 aromatic heterocycles. The average molecular weight is 355 g/mol. The summed E-state index contributed by atoms with van der Waals surface area (Å²) in [6.45, 7) is 4.01. The smallest absolute Gasteiger partial charge is 0.225 e. The van der Waals surface area contributed by atoms with Gasteiger partial charge in [-0.15, -0.1) is 0 Å². The molecule has 1 aliphatic heterocycles. The van der Waals surface area contributed by atoms with Crippen LogP contribution in [0.3, 0.4) is 0 Å². The van der Waals surface area contributed by atoms with E-state index in [1.807, 2.05) is 26.0 Å². The number of ether oxygens (including phenoxy) is 2. The molecule has 24 heavy (non-hydrogen) atoms. The van der Waals surface area contributed by atoms with Gasteiger partial charge in [-0.1, -0.05) is 19.9 Å². The molecule has 134 valence electrons. The molecule has 0 N–H and O–H groups in total. The van der Waals surface area contributed by atoms with Gasteiger partial charge in [0.1, 0.15) is 0 Å². The molecule has 1 aromatic carbocycles. The zero-order chi connectivity index (χ0) is 17.9. The monoisotopic (exact) mass is 355 g/mol. The lowest BCUT2D eigenvalue weighted by Crippen LogP contribution is -2.42. The van der Waals surface area contributed by atoms with Crippen LogP contribution in [0, 0.1) is 5.92 Å². The second-order valence-electron chi connectivity index (χ2n) is 6.37. The lowest BCUT2D eigenvalue weighted by molar-refractivity contribution is -0.137. The number of carbonyl (C=O) groups excluding carboxylic acids is 1. The van der Waals surface area contributed by atoms with Crippen molar-refractivity contribution >= 4 is 15.7 Å². The van der Waals surface area contributed by atoms with Crippen molar-refractivity contribution in [2.75, 3.05) is 25.7 Å². The molecule has 2 rings (SSSR count). The minimum absolute atomic E-state index is 0.0353. The molecule has 0 unspecified atom stereocenters. The summed E-state index contributed by atoms with van der Waals surface area (Å²) in [5, 5.41) is 0. The van der Waals surface area contributed by atoms with Crippen LogP contribution in [0.15, 0.2) is 18.2 Å². The van der Waals surface area contributed by atoms with Crippen LogP contribution in [-0.2, 0) is 21.2 Å². The van der Waals surface area contributed by atoms with Crippen LogP contribution in [0.2, 0.25) is 0 Å². The van der Waals surface area contributed by atoms with Crippen molar-refractivity contribution in [1.29, 1.82) is 0 Å². The molecule has 1 aromatic rings. The van der Waals surface area contributed by atoms with E-state index in [1.54, 1.807) is 25.2 Å². The Morgan fingerprint density at radius 1 is 1.25 bits per heavy atom. The molecule has 1 aliphatic rings. The third-order valence-electron chi connectivity index (χ3n) is 4.23. The van der Waals surface area contributed by atoms with Crippen molar-refractivity contribution in [3.8, 4) is 11.5 Å². The molecule has 0 bridgehead atoms. The normalized spacial score (nSPS) is 19.3. The summed E-state index contributed by atoms with van der Waals surface area (Å²) in [5.74, 6) is 1.17. The molecule has 1 saturated heterocycles. The Labute approximate surface area is 143 Å². The van der Waals surface area contributed by atoms with Crippen LogP contribution in [-0.4, -0.2) is 51.0 Å². The Kier molecular flexibility index (Phi) is 5.74. The van der Waals surface area contributed by atoms with Gasteiger partial charge in [-0.05, 0) is 24.1 Å². The first kappa shape index (κ1) is 18.6. The summed E-state index contributed by atoms with van der Waals surface area (Å²) >= 11 is 0. The van der Waals surface area contributed by atoms with Crippen molar-refractivity contribution < 1.29 is 22.7 Å². The predicted octanol–water partition coefficient (Wildman–Crippen LogP) is 1.88. The van der Waals surface area contributed by atoms with Gasteiger partial charge >= 0.3 is 0 Å². The van der Waals surface area contributed by atoms with E-state index in [0.717, 1.165) is 5.56 Å². The SMILES string of the molecule is COc1ccc(CN(C(=O)C(C)C)[C@@H]2CCS(=O)(=O)C2)cc1OC. The topological polar surface area (TPSA) is 72.9 Å². The highest BCUT2D eigenvalue weighted by atomic mass is 32.2.